The van der Waals surface area contributed by atoms with Crippen molar-refractivity contribution in [2.24, 2.45) is 0 Å². The van der Waals surface area contributed by atoms with E-state index in [4.69, 9.17) is 0 Å². The van der Waals surface area contributed by atoms with E-state index in [9.17, 15) is 13.5 Å². The molecule has 1 aromatic heterocycles. The molecular weight excluding hydrogens is 288 g/mol. The Morgan fingerprint density at radius 1 is 1.10 bits per heavy atom. The molecule has 0 bridgehead atoms. The summed E-state index contributed by atoms with van der Waals surface area (Å²) in [6.07, 6.45) is 3.17. The molecule has 110 valence electrons. The van der Waals surface area contributed by atoms with Gasteiger partial charge in [-0.15, -0.1) is 0 Å². The molecule has 5 nitrogen and oxygen atoms in total. The number of sulfonamides is 1. The van der Waals surface area contributed by atoms with Crippen molar-refractivity contribution in [2.75, 3.05) is 13.1 Å². The lowest BCUT2D eigenvalue weighted by Crippen LogP contribution is -2.27. The van der Waals surface area contributed by atoms with Gasteiger partial charge in [0.25, 0.3) is 0 Å². The lowest BCUT2D eigenvalue weighted by molar-refractivity contribution is 0.472. The maximum absolute atomic E-state index is 12.5. The molecule has 2 aromatic rings. The molecule has 0 unspecified atom stereocenters. The van der Waals surface area contributed by atoms with Crippen LogP contribution in [0, 0.1) is 0 Å². The van der Waals surface area contributed by atoms with Gasteiger partial charge in [-0.3, -0.25) is 4.98 Å². The SMILES string of the molecule is O=S(=O)(c1cccc(-c2ccc(O)cn2)c1)N1CCCC1. The van der Waals surface area contributed by atoms with Gasteiger partial charge in [0.1, 0.15) is 5.75 Å². The standard InChI is InChI=1S/C15H16N2O3S/c18-13-6-7-15(16-11-13)12-4-3-5-14(10-12)21(19,20)17-8-1-2-9-17/h3-7,10-11,18H,1-2,8-9H2. The number of aromatic hydroxyl groups is 1. The van der Waals surface area contributed by atoms with Gasteiger partial charge in [0, 0.05) is 18.7 Å². The molecule has 1 aromatic carbocycles. The second-order valence-corrected chi connectivity index (χ2v) is 6.98. The quantitative estimate of drug-likeness (QED) is 0.944. The number of pyridine rings is 1. The lowest BCUT2D eigenvalue weighted by Gasteiger charge is -2.16. The zero-order chi connectivity index (χ0) is 14.9. The first-order valence-electron chi connectivity index (χ1n) is 6.83. The predicted molar refractivity (Wildman–Crippen MR) is 79.3 cm³/mol. The first-order valence-corrected chi connectivity index (χ1v) is 8.27. The number of hydrogen-bond donors (Lipinski definition) is 1. The van der Waals surface area contributed by atoms with Gasteiger partial charge in [0.15, 0.2) is 0 Å². The predicted octanol–water partition coefficient (Wildman–Crippen LogP) is 2.24. The van der Waals surface area contributed by atoms with Gasteiger partial charge >= 0.3 is 0 Å². The van der Waals surface area contributed by atoms with E-state index in [-0.39, 0.29) is 10.6 Å². The Hall–Kier alpha value is -1.92. The molecule has 2 heterocycles. The van der Waals surface area contributed by atoms with Crippen LogP contribution in [0.3, 0.4) is 0 Å². The molecule has 21 heavy (non-hydrogen) atoms. The smallest absolute Gasteiger partial charge is 0.243 e. The van der Waals surface area contributed by atoms with Crippen molar-refractivity contribution in [1.82, 2.24) is 9.29 Å². The van der Waals surface area contributed by atoms with E-state index in [1.807, 2.05) is 6.07 Å². The van der Waals surface area contributed by atoms with E-state index in [1.54, 1.807) is 24.3 Å². The molecule has 1 saturated heterocycles. The maximum atomic E-state index is 12.5. The minimum Gasteiger partial charge on any atom is -0.506 e. The van der Waals surface area contributed by atoms with Crippen LogP contribution in [0.25, 0.3) is 11.3 Å². The second kappa shape index (κ2) is 5.46. The summed E-state index contributed by atoms with van der Waals surface area (Å²) in [5.74, 6) is 0.0830. The monoisotopic (exact) mass is 304 g/mol. The van der Waals surface area contributed by atoms with Crippen molar-refractivity contribution in [3.8, 4) is 17.0 Å². The Morgan fingerprint density at radius 2 is 1.86 bits per heavy atom. The molecule has 0 radical (unpaired) electrons. The van der Waals surface area contributed by atoms with Crippen LogP contribution in [0.15, 0.2) is 47.5 Å². The Balaban J connectivity index is 1.98. The van der Waals surface area contributed by atoms with Crippen molar-refractivity contribution in [1.29, 1.82) is 0 Å². The zero-order valence-corrected chi connectivity index (χ0v) is 12.3. The molecule has 6 heteroatoms. The average molecular weight is 304 g/mol. The minimum absolute atomic E-state index is 0.0830. The fourth-order valence-electron chi connectivity index (χ4n) is 2.45. The van der Waals surface area contributed by atoms with Crippen LogP contribution in [0.1, 0.15) is 12.8 Å². The van der Waals surface area contributed by atoms with Crippen molar-refractivity contribution < 1.29 is 13.5 Å². The molecule has 0 amide bonds. The highest BCUT2D eigenvalue weighted by Gasteiger charge is 2.27. The van der Waals surface area contributed by atoms with Gasteiger partial charge < -0.3 is 5.11 Å². The second-order valence-electron chi connectivity index (χ2n) is 5.04. The van der Waals surface area contributed by atoms with Crippen LogP contribution in [0.2, 0.25) is 0 Å². The van der Waals surface area contributed by atoms with E-state index in [1.165, 1.54) is 16.6 Å². The van der Waals surface area contributed by atoms with E-state index in [0.29, 0.717) is 18.8 Å². The molecule has 0 aliphatic carbocycles. The number of nitrogens with zero attached hydrogens (tertiary/aromatic N) is 2. The average Bonchev–Trinajstić information content (AvgIpc) is 3.03. The highest BCUT2D eigenvalue weighted by Crippen LogP contribution is 2.25. The molecule has 0 saturated carbocycles. The van der Waals surface area contributed by atoms with E-state index in [0.717, 1.165) is 18.4 Å². The number of hydrogen-bond acceptors (Lipinski definition) is 4. The zero-order valence-electron chi connectivity index (χ0n) is 11.4. The van der Waals surface area contributed by atoms with Crippen molar-refractivity contribution >= 4 is 10.0 Å². The summed E-state index contributed by atoms with van der Waals surface area (Å²) in [5, 5.41) is 9.27. The van der Waals surface area contributed by atoms with Crippen LogP contribution in [0.4, 0.5) is 0 Å². The Kier molecular flexibility index (Phi) is 3.65. The van der Waals surface area contributed by atoms with Crippen molar-refractivity contribution in [3.63, 3.8) is 0 Å². The summed E-state index contributed by atoms with van der Waals surface area (Å²) >= 11 is 0. The fraction of sp³-hybridized carbons (Fsp3) is 0.267. The first kappa shape index (κ1) is 14.0. The number of aromatic nitrogens is 1. The van der Waals surface area contributed by atoms with Gasteiger partial charge in [0.2, 0.25) is 10.0 Å². The highest BCUT2D eigenvalue weighted by atomic mass is 32.2. The van der Waals surface area contributed by atoms with Crippen LogP contribution in [-0.4, -0.2) is 35.9 Å². The highest BCUT2D eigenvalue weighted by molar-refractivity contribution is 7.89. The summed E-state index contributed by atoms with van der Waals surface area (Å²) in [4.78, 5) is 4.40. The number of rotatable bonds is 3. The molecule has 1 aliphatic rings. The minimum atomic E-state index is -3.42. The van der Waals surface area contributed by atoms with E-state index >= 15 is 0 Å². The van der Waals surface area contributed by atoms with Crippen molar-refractivity contribution in [3.05, 3.63) is 42.6 Å². The lowest BCUT2D eigenvalue weighted by atomic mass is 10.1. The Morgan fingerprint density at radius 3 is 2.52 bits per heavy atom. The van der Waals surface area contributed by atoms with Gasteiger partial charge in [-0.1, -0.05) is 12.1 Å². The molecule has 1 aliphatic heterocycles. The maximum Gasteiger partial charge on any atom is 0.243 e. The number of benzene rings is 1. The van der Waals surface area contributed by atoms with Crippen LogP contribution >= 0.6 is 0 Å². The fourth-order valence-corrected chi connectivity index (χ4v) is 4.01. The van der Waals surface area contributed by atoms with Crippen LogP contribution < -0.4 is 0 Å². The summed E-state index contributed by atoms with van der Waals surface area (Å²) < 4.78 is 26.6. The third kappa shape index (κ3) is 2.77. The van der Waals surface area contributed by atoms with E-state index < -0.39 is 10.0 Å². The van der Waals surface area contributed by atoms with Gasteiger partial charge in [-0.2, -0.15) is 4.31 Å². The molecule has 0 atom stereocenters. The Bertz CT molecular complexity index is 736. The summed E-state index contributed by atoms with van der Waals surface area (Å²) in [5.41, 5.74) is 1.35. The first-order chi connectivity index (χ1) is 10.1. The van der Waals surface area contributed by atoms with Gasteiger partial charge in [-0.05, 0) is 37.1 Å². The third-order valence-corrected chi connectivity index (χ3v) is 5.48. The molecule has 1 N–H and O–H groups in total. The normalized spacial score (nSPS) is 16.2. The summed E-state index contributed by atoms with van der Waals surface area (Å²) in [7, 11) is -3.42. The largest absolute Gasteiger partial charge is 0.506 e. The molecule has 0 spiro atoms. The van der Waals surface area contributed by atoms with E-state index in [2.05, 4.69) is 4.98 Å². The third-order valence-electron chi connectivity index (χ3n) is 3.58. The van der Waals surface area contributed by atoms with Gasteiger partial charge in [-0.25, -0.2) is 8.42 Å². The summed E-state index contributed by atoms with van der Waals surface area (Å²) in [6.45, 7) is 1.17. The van der Waals surface area contributed by atoms with Crippen LogP contribution in [-0.2, 0) is 10.0 Å². The van der Waals surface area contributed by atoms with Crippen LogP contribution in [0.5, 0.6) is 5.75 Å². The molecule has 1 fully saturated rings. The molecule has 3 rings (SSSR count). The van der Waals surface area contributed by atoms with Crippen molar-refractivity contribution in [2.45, 2.75) is 17.7 Å². The Labute approximate surface area is 123 Å². The topological polar surface area (TPSA) is 70.5 Å². The summed E-state index contributed by atoms with van der Waals surface area (Å²) in [6, 6.07) is 9.96. The molecular formula is C15H16N2O3S. The van der Waals surface area contributed by atoms with Gasteiger partial charge in [0.05, 0.1) is 16.8 Å².